The number of pyridine rings is 1. The predicted molar refractivity (Wildman–Crippen MR) is 81.9 cm³/mol. The summed E-state index contributed by atoms with van der Waals surface area (Å²) < 4.78 is 14.6. The summed E-state index contributed by atoms with van der Waals surface area (Å²) in [4.78, 5) is 17.0. The van der Waals surface area contributed by atoms with Gasteiger partial charge >= 0.3 is 0 Å². The zero-order valence-corrected chi connectivity index (χ0v) is 12.2. The quantitative estimate of drug-likeness (QED) is 0.802. The van der Waals surface area contributed by atoms with Crippen molar-refractivity contribution in [1.29, 1.82) is 0 Å². The highest BCUT2D eigenvalue weighted by atomic mass is 32.1. The van der Waals surface area contributed by atoms with E-state index in [1.54, 1.807) is 19.2 Å². The summed E-state index contributed by atoms with van der Waals surface area (Å²) in [5, 5.41) is 3.36. The Labute approximate surface area is 125 Å². The highest BCUT2D eigenvalue weighted by Gasteiger charge is 2.17. The zero-order chi connectivity index (χ0) is 14.8. The minimum absolute atomic E-state index is 0.196. The number of rotatable bonds is 3. The highest BCUT2D eigenvalue weighted by molar-refractivity contribution is 7.21. The first kappa shape index (κ1) is 13.7. The van der Waals surface area contributed by atoms with Crippen LogP contribution in [-0.4, -0.2) is 10.9 Å². The van der Waals surface area contributed by atoms with Crippen molar-refractivity contribution in [3.8, 4) is 0 Å². The molecule has 0 aliphatic rings. The van der Waals surface area contributed by atoms with Gasteiger partial charge < -0.3 is 5.32 Å². The third-order valence-electron chi connectivity index (χ3n) is 3.27. The number of carbonyl (C=O) groups is 1. The van der Waals surface area contributed by atoms with Crippen LogP contribution in [0.15, 0.2) is 42.6 Å². The first-order valence-electron chi connectivity index (χ1n) is 6.52. The number of nitrogens with zero attached hydrogens (tertiary/aromatic N) is 1. The van der Waals surface area contributed by atoms with Crippen LogP contribution in [0.4, 0.5) is 4.39 Å². The maximum Gasteiger partial charge on any atom is 0.261 e. The van der Waals surface area contributed by atoms with Crippen molar-refractivity contribution in [2.45, 2.75) is 13.5 Å². The molecule has 3 rings (SSSR count). The second-order valence-electron chi connectivity index (χ2n) is 4.67. The van der Waals surface area contributed by atoms with E-state index in [-0.39, 0.29) is 11.7 Å². The van der Waals surface area contributed by atoms with Crippen molar-refractivity contribution in [2.24, 2.45) is 0 Å². The van der Waals surface area contributed by atoms with Gasteiger partial charge in [-0.3, -0.25) is 9.78 Å². The molecule has 0 bridgehead atoms. The average Bonchev–Trinajstić information content (AvgIpc) is 2.84. The standard InChI is InChI=1S/C16H13FN2OS/c1-10-14-12(17)6-4-7-13(14)21-15(10)16(20)19-9-11-5-2-3-8-18-11/h2-8H,9H2,1H3,(H,19,20). The second kappa shape index (κ2) is 5.61. The van der Waals surface area contributed by atoms with Crippen LogP contribution in [0, 0.1) is 12.7 Å². The van der Waals surface area contributed by atoms with Gasteiger partial charge in [0.1, 0.15) is 5.82 Å². The Morgan fingerprint density at radius 1 is 1.29 bits per heavy atom. The minimum atomic E-state index is -0.287. The molecule has 1 aromatic carbocycles. The summed E-state index contributed by atoms with van der Waals surface area (Å²) in [6.45, 7) is 2.13. The van der Waals surface area contributed by atoms with E-state index in [1.807, 2.05) is 24.3 Å². The number of carbonyl (C=O) groups excluding carboxylic acids is 1. The predicted octanol–water partition coefficient (Wildman–Crippen LogP) is 3.67. The lowest BCUT2D eigenvalue weighted by atomic mass is 10.1. The molecule has 0 aliphatic heterocycles. The Morgan fingerprint density at radius 3 is 2.86 bits per heavy atom. The van der Waals surface area contributed by atoms with Gasteiger partial charge in [0.15, 0.2) is 0 Å². The lowest BCUT2D eigenvalue weighted by molar-refractivity contribution is 0.0954. The molecule has 0 radical (unpaired) electrons. The van der Waals surface area contributed by atoms with Crippen LogP contribution < -0.4 is 5.32 Å². The Balaban J connectivity index is 1.85. The SMILES string of the molecule is Cc1c(C(=O)NCc2ccccn2)sc2cccc(F)c12. The van der Waals surface area contributed by atoms with E-state index in [1.165, 1.54) is 17.4 Å². The molecule has 0 fully saturated rings. The van der Waals surface area contributed by atoms with Gasteiger partial charge in [-0.25, -0.2) is 4.39 Å². The number of thiophene rings is 1. The molecule has 5 heteroatoms. The van der Waals surface area contributed by atoms with Crippen LogP contribution in [0.2, 0.25) is 0 Å². The number of aryl methyl sites for hydroxylation is 1. The molecule has 0 atom stereocenters. The van der Waals surface area contributed by atoms with E-state index < -0.39 is 0 Å². The molecule has 1 amide bonds. The molecule has 106 valence electrons. The number of hydrogen-bond acceptors (Lipinski definition) is 3. The van der Waals surface area contributed by atoms with Crippen molar-refractivity contribution < 1.29 is 9.18 Å². The fraction of sp³-hybridized carbons (Fsp3) is 0.125. The molecule has 3 nitrogen and oxygen atoms in total. The van der Waals surface area contributed by atoms with Crippen LogP contribution in [0.5, 0.6) is 0 Å². The lowest BCUT2D eigenvalue weighted by Gasteiger charge is -2.03. The van der Waals surface area contributed by atoms with Gasteiger partial charge in [-0.05, 0) is 36.8 Å². The molecule has 0 saturated carbocycles. The van der Waals surface area contributed by atoms with Crippen molar-refractivity contribution in [2.75, 3.05) is 0 Å². The second-order valence-corrected chi connectivity index (χ2v) is 5.73. The van der Waals surface area contributed by atoms with Crippen LogP contribution >= 0.6 is 11.3 Å². The van der Waals surface area contributed by atoms with Crippen LogP contribution in [0.25, 0.3) is 10.1 Å². The molecular formula is C16H13FN2OS. The number of halogens is 1. The zero-order valence-electron chi connectivity index (χ0n) is 11.4. The summed E-state index contributed by atoms with van der Waals surface area (Å²) >= 11 is 1.31. The maximum absolute atomic E-state index is 13.8. The van der Waals surface area contributed by atoms with Crippen LogP contribution in [0.3, 0.4) is 0 Å². The monoisotopic (exact) mass is 300 g/mol. The third-order valence-corrected chi connectivity index (χ3v) is 4.52. The molecule has 0 aliphatic carbocycles. The lowest BCUT2D eigenvalue weighted by Crippen LogP contribution is -2.22. The number of fused-ring (bicyclic) bond motifs is 1. The van der Waals surface area contributed by atoms with E-state index in [9.17, 15) is 9.18 Å². The van der Waals surface area contributed by atoms with Gasteiger partial charge in [-0.1, -0.05) is 12.1 Å². The summed E-state index contributed by atoms with van der Waals surface area (Å²) in [6.07, 6.45) is 1.68. The van der Waals surface area contributed by atoms with Crippen molar-refractivity contribution in [1.82, 2.24) is 10.3 Å². The van der Waals surface area contributed by atoms with Crippen molar-refractivity contribution in [3.05, 3.63) is 64.5 Å². The molecule has 21 heavy (non-hydrogen) atoms. The third kappa shape index (κ3) is 2.64. The number of benzene rings is 1. The summed E-state index contributed by atoms with van der Waals surface area (Å²) in [5.41, 5.74) is 1.47. The van der Waals surface area contributed by atoms with E-state index in [0.29, 0.717) is 22.4 Å². The molecular weight excluding hydrogens is 287 g/mol. The van der Waals surface area contributed by atoms with Gasteiger partial charge in [0, 0.05) is 16.3 Å². The van der Waals surface area contributed by atoms with Crippen molar-refractivity contribution in [3.63, 3.8) is 0 Å². The fourth-order valence-electron chi connectivity index (χ4n) is 2.22. The highest BCUT2D eigenvalue weighted by Crippen LogP contribution is 2.32. The summed E-state index contributed by atoms with van der Waals surface area (Å²) in [5.74, 6) is -0.483. The van der Waals surface area contributed by atoms with E-state index in [4.69, 9.17) is 0 Å². The number of hydrogen-bond donors (Lipinski definition) is 1. The molecule has 2 aromatic heterocycles. The van der Waals surface area contributed by atoms with Crippen LogP contribution in [0.1, 0.15) is 20.9 Å². The van der Waals surface area contributed by atoms with E-state index in [0.717, 1.165) is 10.4 Å². The topological polar surface area (TPSA) is 42.0 Å². The van der Waals surface area contributed by atoms with Gasteiger partial charge in [-0.15, -0.1) is 11.3 Å². The van der Waals surface area contributed by atoms with Crippen molar-refractivity contribution >= 4 is 27.3 Å². The Bertz CT molecular complexity index is 799. The molecule has 1 N–H and O–H groups in total. The van der Waals surface area contributed by atoms with Gasteiger partial charge in [0.2, 0.25) is 0 Å². The molecule has 0 saturated heterocycles. The fourth-order valence-corrected chi connectivity index (χ4v) is 3.36. The largest absolute Gasteiger partial charge is 0.346 e. The molecule has 0 unspecified atom stereocenters. The summed E-state index contributed by atoms with van der Waals surface area (Å²) in [6, 6.07) is 10.4. The Morgan fingerprint density at radius 2 is 2.14 bits per heavy atom. The van der Waals surface area contributed by atoms with Gasteiger partial charge in [-0.2, -0.15) is 0 Å². The maximum atomic E-state index is 13.8. The number of amides is 1. The first-order chi connectivity index (χ1) is 10.2. The number of aromatic nitrogens is 1. The Hall–Kier alpha value is -2.27. The minimum Gasteiger partial charge on any atom is -0.346 e. The summed E-state index contributed by atoms with van der Waals surface area (Å²) in [7, 11) is 0. The van der Waals surface area contributed by atoms with E-state index in [2.05, 4.69) is 10.3 Å². The van der Waals surface area contributed by atoms with Gasteiger partial charge in [0.05, 0.1) is 17.1 Å². The van der Waals surface area contributed by atoms with E-state index >= 15 is 0 Å². The Kier molecular flexibility index (Phi) is 3.66. The average molecular weight is 300 g/mol. The number of nitrogens with one attached hydrogen (secondary N) is 1. The molecule has 2 heterocycles. The van der Waals surface area contributed by atoms with Gasteiger partial charge in [0.25, 0.3) is 5.91 Å². The first-order valence-corrected chi connectivity index (χ1v) is 7.34. The normalized spacial score (nSPS) is 10.8. The molecule has 3 aromatic rings. The smallest absolute Gasteiger partial charge is 0.261 e. The molecule has 0 spiro atoms. The van der Waals surface area contributed by atoms with Crippen LogP contribution in [-0.2, 0) is 6.54 Å².